The molecule has 4 aliphatic rings. The number of nitrogens with one attached hydrogen (secondary N) is 3. The van der Waals surface area contributed by atoms with Gasteiger partial charge in [-0.2, -0.15) is 0 Å². The van der Waals surface area contributed by atoms with Crippen LogP contribution in [0, 0.1) is 18.3 Å². The van der Waals surface area contributed by atoms with Crippen molar-refractivity contribution in [2.45, 2.75) is 110 Å². The molecule has 5 N–H and O–H groups in total. The summed E-state index contributed by atoms with van der Waals surface area (Å²) in [5.74, 6) is 1.55. The first-order valence-electron chi connectivity index (χ1n) is 26.7. The number of anilines is 1. The smallest absolute Gasteiger partial charge is 0.238 e. The molecular weight excluding hydrogens is 989 g/mol. The van der Waals surface area contributed by atoms with Gasteiger partial charge in [0.1, 0.15) is 12.0 Å². The molecule has 1 aromatic heterocycles. The number of ether oxygens (including phenoxy) is 3. The van der Waals surface area contributed by atoms with E-state index in [1.165, 1.54) is 0 Å². The van der Waals surface area contributed by atoms with Gasteiger partial charge in [0.2, 0.25) is 17.7 Å². The molecule has 14 nitrogen and oxygen atoms in total. The fourth-order valence-corrected chi connectivity index (χ4v) is 11.7. The molecule has 5 aromatic rings. The van der Waals surface area contributed by atoms with E-state index in [9.17, 15) is 24.6 Å². The van der Waals surface area contributed by atoms with Gasteiger partial charge in [0.05, 0.1) is 79.5 Å². The molecule has 77 heavy (non-hydrogen) atoms. The van der Waals surface area contributed by atoms with E-state index in [4.69, 9.17) is 14.2 Å². The molecule has 1 fully saturated rings. The molecule has 4 heterocycles. The third kappa shape index (κ3) is 12.6. The van der Waals surface area contributed by atoms with E-state index in [0.29, 0.717) is 36.2 Å². The van der Waals surface area contributed by atoms with Gasteiger partial charge in [0, 0.05) is 37.0 Å². The number of aryl methyl sites for hydroxylation is 1. The van der Waals surface area contributed by atoms with E-state index in [1.807, 2.05) is 125 Å². The minimum Gasteiger partial charge on any atom is -0.493 e. The predicted molar refractivity (Wildman–Crippen MR) is 302 cm³/mol. The van der Waals surface area contributed by atoms with E-state index in [2.05, 4.69) is 70.2 Å². The molecule has 1 aliphatic carbocycles. The molecule has 3 unspecified atom stereocenters. The van der Waals surface area contributed by atoms with Gasteiger partial charge >= 0.3 is 0 Å². The number of aliphatic hydroxyl groups excluding tert-OH is 2. The van der Waals surface area contributed by atoms with E-state index in [-0.39, 0.29) is 62.2 Å². The van der Waals surface area contributed by atoms with Gasteiger partial charge in [0.15, 0.2) is 11.5 Å². The van der Waals surface area contributed by atoms with Crippen molar-refractivity contribution in [2.75, 3.05) is 39.2 Å². The van der Waals surface area contributed by atoms with Crippen LogP contribution in [0.25, 0.3) is 16.0 Å². The number of rotatable bonds is 18. The molecule has 15 heteroatoms. The molecule has 0 radical (unpaired) electrons. The van der Waals surface area contributed by atoms with Gasteiger partial charge in [-0.1, -0.05) is 107 Å². The molecule has 3 aliphatic heterocycles. The second kappa shape index (κ2) is 23.7. The highest BCUT2D eigenvalue weighted by Gasteiger charge is 2.45. The average Bonchev–Trinajstić information content (AvgIpc) is 4.02. The summed E-state index contributed by atoms with van der Waals surface area (Å²) in [5, 5.41) is 32.0. The Morgan fingerprint density at radius 2 is 1.74 bits per heavy atom. The number of methoxy groups -OCH3 is 1. The number of β-amino-alcohol motifs (C(OH)–C–C–N with tert-alkyl or cyclic N) is 1. The fourth-order valence-electron chi connectivity index (χ4n) is 10.9. The number of hydrogen-bond acceptors (Lipinski definition) is 12. The highest BCUT2D eigenvalue weighted by atomic mass is 32.1. The molecule has 0 bridgehead atoms. The lowest BCUT2D eigenvalue weighted by Gasteiger charge is -2.40. The van der Waals surface area contributed by atoms with Crippen molar-refractivity contribution in [3.8, 4) is 27.7 Å². The number of likely N-dealkylation sites (N-methyl/N-ethyl adjacent to an activating group) is 1. The molecule has 3 amide bonds. The van der Waals surface area contributed by atoms with Crippen molar-refractivity contribution in [3.05, 3.63) is 166 Å². The van der Waals surface area contributed by atoms with Crippen molar-refractivity contribution in [3.63, 3.8) is 0 Å². The molecule has 9 rings (SSSR count). The maximum atomic E-state index is 13.8. The molecule has 4 aromatic carbocycles. The lowest BCUT2D eigenvalue weighted by atomic mass is 9.83. The van der Waals surface area contributed by atoms with Crippen molar-refractivity contribution < 1.29 is 38.8 Å². The van der Waals surface area contributed by atoms with Crippen LogP contribution in [-0.4, -0.2) is 101 Å². The molecule has 7 atom stereocenters. The third-order valence-corrected chi connectivity index (χ3v) is 16.1. The van der Waals surface area contributed by atoms with Crippen LogP contribution >= 0.6 is 11.3 Å². The van der Waals surface area contributed by atoms with Gasteiger partial charge < -0.3 is 45.3 Å². The normalized spacial score (nSPS) is 20.6. The third-order valence-electron chi connectivity index (χ3n) is 15.1. The Kier molecular flexibility index (Phi) is 16.8. The minimum atomic E-state index is -1.26. The molecule has 0 spiro atoms. The highest BCUT2D eigenvalue weighted by molar-refractivity contribution is 7.13. The molecular formula is C62H72N6O8S. The van der Waals surface area contributed by atoms with Crippen LogP contribution in [0.2, 0.25) is 0 Å². The molecule has 1 saturated heterocycles. The number of aromatic nitrogens is 1. The number of thiazole rings is 1. The maximum Gasteiger partial charge on any atom is 0.238 e. The minimum absolute atomic E-state index is 0.0186. The highest BCUT2D eigenvalue weighted by Crippen LogP contribution is 2.48. The quantitative estimate of drug-likeness (QED) is 0.0565. The Morgan fingerprint density at radius 1 is 0.961 bits per heavy atom. The fraction of sp³-hybridized carbons (Fsp3) is 0.387. The number of nitrogens with zero attached hydrogens (tertiary/aromatic N) is 3. The number of para-hydroxylation sites is 1. The number of hydrogen-bond donors (Lipinski definition) is 5. The Morgan fingerprint density at radius 3 is 2.47 bits per heavy atom. The Balaban J connectivity index is 0.816. The van der Waals surface area contributed by atoms with Crippen molar-refractivity contribution in [1.82, 2.24) is 25.4 Å². The molecule has 0 saturated carbocycles. The van der Waals surface area contributed by atoms with E-state index >= 15 is 0 Å². The number of allylic oxidation sites excluding steroid dienone is 5. The van der Waals surface area contributed by atoms with Crippen molar-refractivity contribution in [1.29, 1.82) is 0 Å². The topological polar surface area (TPSA) is 175 Å². The van der Waals surface area contributed by atoms with Gasteiger partial charge in [-0.25, -0.2) is 4.98 Å². The Bertz CT molecular complexity index is 3100. The number of amides is 3. The number of carbonyl (C=O) groups excluding carboxylic acids is 3. The monoisotopic (exact) mass is 1060 g/mol. The Labute approximate surface area is 456 Å². The van der Waals surface area contributed by atoms with Crippen LogP contribution in [0.1, 0.15) is 100 Å². The zero-order valence-corrected chi connectivity index (χ0v) is 46.2. The van der Waals surface area contributed by atoms with Crippen LogP contribution in [0.5, 0.6) is 17.2 Å². The Hall–Kier alpha value is -7.04. The van der Waals surface area contributed by atoms with E-state index in [1.54, 1.807) is 23.3 Å². The second-order valence-electron chi connectivity index (χ2n) is 21.8. The summed E-state index contributed by atoms with van der Waals surface area (Å²) in [4.78, 5) is 50.3. The van der Waals surface area contributed by atoms with Gasteiger partial charge in [-0.3, -0.25) is 19.3 Å². The first kappa shape index (κ1) is 54.7. The first-order valence-corrected chi connectivity index (χ1v) is 27.5. The standard InChI is InChI=1S/C62H72N6O8S/c1-37-16-18-42(19-17-37)51-33-48(49-34-56(71)65-50-15-10-9-14-47(50)57(49)67(51)7)44-24-25-53(74-8)54(31-44)76-28-26-40-12-11-13-46(30-40)75-29-27-55(70)66-59(62(4,5)6)61(73)68-35-45(69)32-52(68)60(72)64-38(2)41-20-22-43(23-21-41)58-39(3)63-36-77-58/h9-16,18-25,30-31,33,36-38,45,52,57,59,61,69,73H,17,26-29,32,34-35H2,1-8H3,(H,64,72)(H,65,71)(H,66,70)/t37?,38-,45+,52-,57?,59+,61?/m0/s1. The van der Waals surface area contributed by atoms with Crippen LogP contribution in [0.3, 0.4) is 0 Å². The summed E-state index contributed by atoms with van der Waals surface area (Å²) in [6.07, 6.45) is 8.79. The van der Waals surface area contributed by atoms with Crippen LogP contribution in [-0.2, 0) is 20.8 Å². The lowest BCUT2D eigenvalue weighted by Crippen LogP contribution is -2.60. The van der Waals surface area contributed by atoms with Crippen molar-refractivity contribution >= 4 is 40.3 Å². The number of benzene rings is 4. The summed E-state index contributed by atoms with van der Waals surface area (Å²) in [6, 6.07) is 27.6. The average molecular weight is 1060 g/mol. The zero-order chi connectivity index (χ0) is 54.5. The first-order chi connectivity index (χ1) is 36.9. The number of carbonyl (C=O) groups is 3. The summed E-state index contributed by atoms with van der Waals surface area (Å²) in [5.41, 5.74) is 12.1. The maximum absolute atomic E-state index is 13.8. The van der Waals surface area contributed by atoms with Crippen LogP contribution in [0.4, 0.5) is 5.69 Å². The predicted octanol–water partition coefficient (Wildman–Crippen LogP) is 9.87. The summed E-state index contributed by atoms with van der Waals surface area (Å²) < 4.78 is 18.4. The SMILES string of the molecule is COc1ccc(C2=C3CC(=O)Nc4ccccc4C3N(C)C(C3=CCC(C)C=C3)=C2)cc1OCCc1cccc(OCCC(=O)N[C@H](C(O)N2C[C@H](O)C[C@H]2C(=O)N[C@@H](C)c2ccc(-c3scnc3C)cc2)C(C)(C)C)c1. The van der Waals surface area contributed by atoms with Crippen LogP contribution < -0.4 is 30.2 Å². The second-order valence-corrected chi connectivity index (χ2v) is 22.6. The van der Waals surface area contributed by atoms with E-state index < -0.39 is 29.8 Å². The van der Waals surface area contributed by atoms with Gasteiger partial charge in [-0.05, 0) is 113 Å². The van der Waals surface area contributed by atoms with Crippen LogP contribution in [0.15, 0.2) is 138 Å². The van der Waals surface area contributed by atoms with E-state index in [0.717, 1.165) is 72.9 Å². The number of aliphatic hydroxyl groups is 2. The largest absolute Gasteiger partial charge is 0.493 e. The van der Waals surface area contributed by atoms with Gasteiger partial charge in [0.25, 0.3) is 0 Å². The van der Waals surface area contributed by atoms with Gasteiger partial charge in [-0.15, -0.1) is 11.3 Å². The summed E-state index contributed by atoms with van der Waals surface area (Å²) in [7, 11) is 3.73. The molecule has 404 valence electrons. The lowest BCUT2D eigenvalue weighted by molar-refractivity contribution is -0.135. The van der Waals surface area contributed by atoms with Crippen molar-refractivity contribution in [2.24, 2.45) is 11.3 Å². The summed E-state index contributed by atoms with van der Waals surface area (Å²) in [6.45, 7) is 12.4. The number of fused-ring (bicyclic) bond motifs is 3. The zero-order valence-electron chi connectivity index (χ0n) is 45.3. The summed E-state index contributed by atoms with van der Waals surface area (Å²) >= 11 is 1.58. The number of likely N-dealkylation sites (tertiary alicyclic amines) is 1.